The van der Waals surface area contributed by atoms with Crippen molar-refractivity contribution in [3.63, 3.8) is 0 Å². The molecule has 0 spiro atoms. The Kier molecular flexibility index (Phi) is 9.38. The van der Waals surface area contributed by atoms with Gasteiger partial charge in [-0.1, -0.05) is 68.3 Å². The van der Waals surface area contributed by atoms with Crippen molar-refractivity contribution in [3.05, 3.63) is 59.7 Å². The fraction of sp³-hybridized carbons (Fsp3) is 0.452. The van der Waals surface area contributed by atoms with Crippen molar-refractivity contribution in [2.45, 2.75) is 82.2 Å². The summed E-state index contributed by atoms with van der Waals surface area (Å²) in [5.74, 6) is 0.843. The Labute approximate surface area is 245 Å². The number of fused-ring (bicyclic) bond motifs is 3. The molecule has 1 fully saturated rings. The number of nitrogens with zero attached hydrogens (tertiary/aromatic N) is 3. The summed E-state index contributed by atoms with van der Waals surface area (Å²) in [6, 6.07) is 14.6. The number of hydrogen-bond donors (Lipinski definition) is 2. The minimum atomic E-state index is -0.699. The summed E-state index contributed by atoms with van der Waals surface area (Å²) in [5.41, 5.74) is 2.37. The number of amides is 3. The maximum atomic E-state index is 13.7. The molecule has 1 saturated carbocycles. The average Bonchev–Trinajstić information content (AvgIpc) is 3.34. The second kappa shape index (κ2) is 13.3. The van der Waals surface area contributed by atoms with Gasteiger partial charge in [-0.25, -0.2) is 9.89 Å². The normalized spacial score (nSPS) is 19.0. The number of carbonyl (C=O) groups is 3. The molecule has 5 rings (SSSR count). The largest absolute Gasteiger partial charge is 0.496 e. The Morgan fingerprint density at radius 2 is 1.85 bits per heavy atom. The summed E-state index contributed by atoms with van der Waals surface area (Å²) >= 11 is 1.31. The van der Waals surface area contributed by atoms with E-state index in [2.05, 4.69) is 10.6 Å². The molecule has 1 aliphatic carbocycles. The Hall–Kier alpha value is -3.66. The van der Waals surface area contributed by atoms with E-state index in [9.17, 15) is 14.4 Å². The molecule has 0 bridgehead atoms. The Bertz CT molecular complexity index is 1350. The summed E-state index contributed by atoms with van der Waals surface area (Å²) in [6.07, 6.45) is 6.55. The summed E-state index contributed by atoms with van der Waals surface area (Å²) in [5, 5.41) is 6.22. The fourth-order valence-corrected chi connectivity index (χ4v) is 6.49. The molecule has 0 unspecified atom stereocenters. The minimum absolute atomic E-state index is 0.0145. The van der Waals surface area contributed by atoms with Gasteiger partial charge < -0.3 is 15.4 Å². The third-order valence-corrected chi connectivity index (χ3v) is 9.04. The molecule has 10 heteroatoms. The SMILES string of the molecule is CC[C@H](SC1=Nc2ccccc2C2=N[C@@H](CCC(=O)NCc3ccccc3OC)C(=O)N12)C(=O)NC1CCCCC1. The van der Waals surface area contributed by atoms with Crippen LogP contribution in [0, 0.1) is 0 Å². The van der Waals surface area contributed by atoms with Crippen molar-refractivity contribution in [1.29, 1.82) is 0 Å². The van der Waals surface area contributed by atoms with Crippen molar-refractivity contribution in [2.75, 3.05) is 7.11 Å². The quantitative estimate of drug-likeness (QED) is 0.426. The Morgan fingerprint density at radius 3 is 2.63 bits per heavy atom. The standard InChI is InChI=1S/C31H37N5O4S/c1-3-26(29(38)33-21-12-5-4-6-13-21)41-31-35-23-15-9-8-14-22(23)28-34-24(30(39)36(28)31)17-18-27(37)32-19-20-11-7-10-16-25(20)40-2/h7-11,14-16,21,24,26H,3-6,12-13,17-19H2,1-2H3,(H,32,37)(H,33,38)/t24-,26-/m0/s1. The molecule has 9 nitrogen and oxygen atoms in total. The molecule has 0 aromatic heterocycles. The molecule has 0 radical (unpaired) electrons. The summed E-state index contributed by atoms with van der Waals surface area (Å²) in [6.45, 7) is 2.31. The van der Waals surface area contributed by atoms with Gasteiger partial charge in [-0.05, 0) is 43.9 Å². The summed E-state index contributed by atoms with van der Waals surface area (Å²) in [7, 11) is 1.60. The lowest BCUT2D eigenvalue weighted by atomic mass is 9.95. The highest BCUT2D eigenvalue weighted by molar-refractivity contribution is 8.15. The van der Waals surface area contributed by atoms with Crippen LogP contribution in [0.15, 0.2) is 58.5 Å². The van der Waals surface area contributed by atoms with Gasteiger partial charge in [0.2, 0.25) is 11.8 Å². The van der Waals surface area contributed by atoms with Crippen LogP contribution in [0.4, 0.5) is 5.69 Å². The number of nitrogens with one attached hydrogen (secondary N) is 2. The molecule has 3 aliphatic rings. The highest BCUT2D eigenvalue weighted by Crippen LogP contribution is 2.36. The van der Waals surface area contributed by atoms with E-state index >= 15 is 0 Å². The predicted molar refractivity (Wildman–Crippen MR) is 161 cm³/mol. The number of ether oxygens (including phenoxy) is 1. The van der Waals surface area contributed by atoms with Crippen LogP contribution in [0.3, 0.4) is 0 Å². The monoisotopic (exact) mass is 575 g/mol. The number of aliphatic imine (C=N–C) groups is 2. The average molecular weight is 576 g/mol. The van der Waals surface area contributed by atoms with Crippen molar-refractivity contribution < 1.29 is 19.1 Å². The van der Waals surface area contributed by atoms with E-state index in [1.807, 2.05) is 55.5 Å². The molecule has 2 aliphatic heterocycles. The van der Waals surface area contributed by atoms with Gasteiger partial charge in [0.05, 0.1) is 18.0 Å². The number of rotatable bonds is 10. The molecule has 216 valence electrons. The molecule has 41 heavy (non-hydrogen) atoms. The van der Waals surface area contributed by atoms with E-state index < -0.39 is 6.04 Å². The number of carbonyl (C=O) groups excluding carboxylic acids is 3. The van der Waals surface area contributed by atoms with E-state index in [0.717, 1.165) is 42.5 Å². The highest BCUT2D eigenvalue weighted by Gasteiger charge is 2.42. The molecule has 0 saturated heterocycles. The molecule has 2 atom stereocenters. The molecule has 2 heterocycles. The molecular weight excluding hydrogens is 538 g/mol. The van der Waals surface area contributed by atoms with E-state index in [1.165, 1.54) is 18.2 Å². The first-order valence-corrected chi connectivity index (χ1v) is 15.3. The molecule has 3 amide bonds. The van der Waals surface area contributed by atoms with E-state index in [1.54, 1.807) is 12.0 Å². The predicted octanol–water partition coefficient (Wildman–Crippen LogP) is 4.71. The molecule has 2 N–H and O–H groups in total. The summed E-state index contributed by atoms with van der Waals surface area (Å²) < 4.78 is 5.36. The fourth-order valence-electron chi connectivity index (χ4n) is 5.46. The molecular formula is C31H37N5O4S. The number of thioether (sulfide) groups is 1. The second-order valence-electron chi connectivity index (χ2n) is 10.5. The molecule has 2 aromatic carbocycles. The smallest absolute Gasteiger partial charge is 0.259 e. The lowest BCUT2D eigenvalue weighted by Crippen LogP contribution is -2.45. The third-order valence-electron chi connectivity index (χ3n) is 7.72. The van der Waals surface area contributed by atoms with Gasteiger partial charge in [-0.3, -0.25) is 19.4 Å². The van der Waals surface area contributed by atoms with Crippen molar-refractivity contribution in [2.24, 2.45) is 9.98 Å². The summed E-state index contributed by atoms with van der Waals surface area (Å²) in [4.78, 5) is 50.7. The van der Waals surface area contributed by atoms with Gasteiger partial charge in [-0.15, -0.1) is 0 Å². The lowest BCUT2D eigenvalue weighted by Gasteiger charge is -2.29. The zero-order chi connectivity index (χ0) is 28.8. The van der Waals surface area contributed by atoms with Crippen LogP contribution in [0.5, 0.6) is 5.75 Å². The van der Waals surface area contributed by atoms with E-state index in [-0.39, 0.29) is 41.9 Å². The van der Waals surface area contributed by atoms with E-state index in [4.69, 9.17) is 14.7 Å². The minimum Gasteiger partial charge on any atom is -0.496 e. The topological polar surface area (TPSA) is 112 Å². The van der Waals surface area contributed by atoms with E-state index in [0.29, 0.717) is 29.7 Å². The van der Waals surface area contributed by atoms with Gasteiger partial charge in [0, 0.05) is 30.1 Å². The van der Waals surface area contributed by atoms with Crippen molar-refractivity contribution >= 4 is 46.2 Å². The highest BCUT2D eigenvalue weighted by atomic mass is 32.2. The van der Waals surface area contributed by atoms with Crippen LogP contribution >= 0.6 is 11.8 Å². The van der Waals surface area contributed by atoms with Crippen LogP contribution in [0.1, 0.15) is 69.4 Å². The van der Waals surface area contributed by atoms with Crippen LogP contribution in [0.2, 0.25) is 0 Å². The van der Waals surface area contributed by atoms with Crippen molar-refractivity contribution in [1.82, 2.24) is 15.5 Å². The Morgan fingerprint density at radius 1 is 1.10 bits per heavy atom. The third kappa shape index (κ3) is 6.64. The van der Waals surface area contributed by atoms with Gasteiger partial charge >= 0.3 is 0 Å². The number of para-hydroxylation sites is 2. The first kappa shape index (κ1) is 28.9. The number of benzene rings is 2. The first-order valence-electron chi connectivity index (χ1n) is 14.4. The number of amidine groups is 2. The second-order valence-corrected chi connectivity index (χ2v) is 11.7. The van der Waals surface area contributed by atoms with Gasteiger partial charge in [0.1, 0.15) is 17.6 Å². The van der Waals surface area contributed by atoms with Crippen LogP contribution < -0.4 is 15.4 Å². The lowest BCUT2D eigenvalue weighted by molar-refractivity contribution is -0.125. The maximum absolute atomic E-state index is 13.7. The van der Waals surface area contributed by atoms with Crippen LogP contribution in [-0.4, -0.2) is 58.1 Å². The van der Waals surface area contributed by atoms with Gasteiger partial charge in [-0.2, -0.15) is 0 Å². The maximum Gasteiger partial charge on any atom is 0.259 e. The number of methoxy groups -OCH3 is 1. The van der Waals surface area contributed by atoms with Gasteiger partial charge in [0.25, 0.3) is 5.91 Å². The number of hydrogen-bond acceptors (Lipinski definition) is 7. The van der Waals surface area contributed by atoms with Crippen molar-refractivity contribution in [3.8, 4) is 5.75 Å². The Balaban J connectivity index is 1.26. The molecule has 2 aromatic rings. The first-order chi connectivity index (χ1) is 20.0. The van der Waals surface area contributed by atoms with Crippen LogP contribution in [0.25, 0.3) is 0 Å². The zero-order valence-corrected chi connectivity index (χ0v) is 24.4. The van der Waals surface area contributed by atoms with Gasteiger partial charge in [0.15, 0.2) is 5.17 Å². The zero-order valence-electron chi connectivity index (χ0n) is 23.6. The van der Waals surface area contributed by atoms with Crippen LogP contribution in [-0.2, 0) is 20.9 Å².